The molecule has 6 nitrogen and oxygen atoms in total. The van der Waals surface area contributed by atoms with E-state index >= 15 is 0 Å². The number of nitro groups is 1. The highest BCUT2D eigenvalue weighted by Crippen LogP contribution is 2.31. The van der Waals surface area contributed by atoms with Crippen LogP contribution in [0.15, 0.2) is 18.2 Å². The number of piperidine rings is 1. The molecule has 2 rings (SSSR count). The summed E-state index contributed by atoms with van der Waals surface area (Å²) < 4.78 is 5.28. The first-order chi connectivity index (χ1) is 8.61. The fourth-order valence-electron chi connectivity index (χ4n) is 2.21. The van der Waals surface area contributed by atoms with E-state index in [1.165, 1.54) is 12.1 Å². The maximum Gasteiger partial charge on any atom is 0.310 e. The first-order valence-electron chi connectivity index (χ1n) is 5.87. The van der Waals surface area contributed by atoms with E-state index in [-0.39, 0.29) is 17.5 Å². The van der Waals surface area contributed by atoms with Crippen LogP contribution in [-0.4, -0.2) is 36.3 Å². The lowest BCUT2D eigenvalue weighted by atomic mass is 10.1. The smallest absolute Gasteiger partial charge is 0.310 e. The molecule has 6 heteroatoms. The molecule has 1 aliphatic rings. The number of aromatic hydroxyl groups is 1. The highest BCUT2D eigenvalue weighted by molar-refractivity contribution is 5.58. The van der Waals surface area contributed by atoms with Crippen LogP contribution in [0, 0.1) is 10.1 Å². The van der Waals surface area contributed by atoms with Crippen molar-refractivity contribution in [2.75, 3.05) is 25.1 Å². The lowest BCUT2D eigenvalue weighted by molar-refractivity contribution is -0.385. The van der Waals surface area contributed by atoms with Crippen LogP contribution < -0.4 is 4.90 Å². The fourth-order valence-corrected chi connectivity index (χ4v) is 2.21. The molecule has 1 aliphatic heterocycles. The Morgan fingerprint density at radius 1 is 1.44 bits per heavy atom. The number of methoxy groups -OCH3 is 1. The Hall–Kier alpha value is -1.82. The van der Waals surface area contributed by atoms with E-state index in [1.807, 2.05) is 0 Å². The van der Waals surface area contributed by atoms with Gasteiger partial charge in [0.2, 0.25) is 0 Å². The minimum Gasteiger partial charge on any atom is -0.502 e. The molecule has 1 aromatic rings. The van der Waals surface area contributed by atoms with Crippen molar-refractivity contribution in [2.24, 2.45) is 0 Å². The maximum absolute atomic E-state index is 10.6. The van der Waals surface area contributed by atoms with Crippen molar-refractivity contribution in [1.29, 1.82) is 0 Å². The standard InChI is InChI=1S/C12H16N2O4/c1-18-10-4-6-13(7-5-10)9-2-3-11(14(16)17)12(15)8-9/h2-3,8,10,15H,4-7H2,1H3. The van der Waals surface area contributed by atoms with E-state index < -0.39 is 4.92 Å². The van der Waals surface area contributed by atoms with Gasteiger partial charge in [-0.3, -0.25) is 10.1 Å². The number of hydrogen-bond donors (Lipinski definition) is 1. The van der Waals surface area contributed by atoms with Crippen molar-refractivity contribution in [2.45, 2.75) is 18.9 Å². The summed E-state index contributed by atoms with van der Waals surface area (Å²) in [6.07, 6.45) is 2.13. The minimum absolute atomic E-state index is 0.259. The highest BCUT2D eigenvalue weighted by atomic mass is 16.6. The molecule has 1 N–H and O–H groups in total. The van der Waals surface area contributed by atoms with Crippen LogP contribution in [-0.2, 0) is 4.74 Å². The van der Waals surface area contributed by atoms with Gasteiger partial charge in [-0.05, 0) is 18.9 Å². The zero-order valence-corrected chi connectivity index (χ0v) is 10.2. The molecule has 98 valence electrons. The van der Waals surface area contributed by atoms with E-state index in [2.05, 4.69) is 4.90 Å². The second-order valence-corrected chi connectivity index (χ2v) is 4.35. The van der Waals surface area contributed by atoms with Crippen molar-refractivity contribution in [1.82, 2.24) is 0 Å². The second kappa shape index (κ2) is 5.22. The molecule has 18 heavy (non-hydrogen) atoms. The molecule has 0 atom stereocenters. The molecule has 0 aromatic heterocycles. The predicted octanol–water partition coefficient (Wildman–Crippen LogP) is 1.92. The third-order valence-corrected chi connectivity index (χ3v) is 3.30. The second-order valence-electron chi connectivity index (χ2n) is 4.35. The third-order valence-electron chi connectivity index (χ3n) is 3.30. The van der Waals surface area contributed by atoms with Crippen LogP contribution >= 0.6 is 0 Å². The first kappa shape index (κ1) is 12.6. The SMILES string of the molecule is COC1CCN(c2ccc([N+](=O)[O-])c(O)c2)CC1. The lowest BCUT2D eigenvalue weighted by Gasteiger charge is -2.32. The lowest BCUT2D eigenvalue weighted by Crippen LogP contribution is -2.36. The van der Waals surface area contributed by atoms with Crippen LogP contribution in [0.25, 0.3) is 0 Å². The van der Waals surface area contributed by atoms with Crippen molar-refractivity contribution >= 4 is 11.4 Å². The first-order valence-corrected chi connectivity index (χ1v) is 5.87. The molecule has 0 bridgehead atoms. The van der Waals surface area contributed by atoms with Gasteiger partial charge in [-0.15, -0.1) is 0 Å². The minimum atomic E-state index is -0.587. The number of nitrogens with zero attached hydrogens (tertiary/aromatic N) is 2. The number of nitro benzene ring substituents is 1. The fraction of sp³-hybridized carbons (Fsp3) is 0.500. The summed E-state index contributed by atoms with van der Waals surface area (Å²) in [5.74, 6) is -0.286. The molecule has 1 heterocycles. The maximum atomic E-state index is 10.6. The van der Waals surface area contributed by atoms with Crippen LogP contribution in [0.1, 0.15) is 12.8 Å². The van der Waals surface area contributed by atoms with Crippen molar-refractivity contribution < 1.29 is 14.8 Å². The van der Waals surface area contributed by atoms with Gasteiger partial charge < -0.3 is 14.7 Å². The van der Waals surface area contributed by atoms with Crippen LogP contribution in [0.5, 0.6) is 5.75 Å². The van der Waals surface area contributed by atoms with Gasteiger partial charge >= 0.3 is 5.69 Å². The number of anilines is 1. The average molecular weight is 252 g/mol. The Balaban J connectivity index is 2.11. The van der Waals surface area contributed by atoms with Gasteiger partial charge in [0.05, 0.1) is 11.0 Å². The Kier molecular flexibility index (Phi) is 3.66. The van der Waals surface area contributed by atoms with Crippen molar-refractivity contribution in [3.8, 4) is 5.75 Å². The number of phenolic OH excluding ortho intramolecular Hbond substituents is 1. The molecule has 0 saturated carbocycles. The van der Waals surface area contributed by atoms with E-state index in [1.54, 1.807) is 13.2 Å². The molecule has 0 amide bonds. The third kappa shape index (κ3) is 2.53. The zero-order chi connectivity index (χ0) is 13.1. The van der Waals surface area contributed by atoms with Gasteiger partial charge in [0, 0.05) is 38.0 Å². The topological polar surface area (TPSA) is 75.8 Å². The predicted molar refractivity (Wildman–Crippen MR) is 67.0 cm³/mol. The summed E-state index contributed by atoms with van der Waals surface area (Å²) in [7, 11) is 1.71. The molecule has 1 aromatic carbocycles. The van der Waals surface area contributed by atoms with E-state index in [9.17, 15) is 15.2 Å². The summed E-state index contributed by atoms with van der Waals surface area (Å²) in [5, 5.41) is 20.2. The number of benzene rings is 1. The quantitative estimate of drug-likeness (QED) is 0.657. The highest BCUT2D eigenvalue weighted by Gasteiger charge is 2.21. The molecule has 0 radical (unpaired) electrons. The molecule has 1 fully saturated rings. The zero-order valence-electron chi connectivity index (χ0n) is 10.2. The number of ether oxygens (including phenoxy) is 1. The Labute approximate surface area is 105 Å². The number of hydrogen-bond acceptors (Lipinski definition) is 5. The van der Waals surface area contributed by atoms with Gasteiger partial charge in [-0.2, -0.15) is 0 Å². The molecule has 0 aliphatic carbocycles. The Morgan fingerprint density at radius 3 is 2.61 bits per heavy atom. The van der Waals surface area contributed by atoms with E-state index in [4.69, 9.17) is 4.74 Å². The van der Waals surface area contributed by atoms with Crippen molar-refractivity contribution in [3.05, 3.63) is 28.3 Å². The van der Waals surface area contributed by atoms with Crippen molar-refractivity contribution in [3.63, 3.8) is 0 Å². The molecule has 0 unspecified atom stereocenters. The van der Waals surface area contributed by atoms with Gasteiger partial charge in [-0.25, -0.2) is 0 Å². The van der Waals surface area contributed by atoms with E-state index in [0.29, 0.717) is 0 Å². The van der Waals surface area contributed by atoms with Gasteiger partial charge in [0.15, 0.2) is 5.75 Å². The Bertz CT molecular complexity index is 442. The molecular formula is C12H16N2O4. The molecule has 1 saturated heterocycles. The van der Waals surface area contributed by atoms with Gasteiger partial charge in [0.1, 0.15) is 0 Å². The summed E-state index contributed by atoms with van der Waals surface area (Å²) in [6.45, 7) is 1.66. The van der Waals surface area contributed by atoms with Gasteiger partial charge in [0.25, 0.3) is 0 Å². The van der Waals surface area contributed by atoms with Crippen LogP contribution in [0.3, 0.4) is 0 Å². The largest absolute Gasteiger partial charge is 0.502 e. The summed E-state index contributed by atoms with van der Waals surface area (Å²) >= 11 is 0. The summed E-state index contributed by atoms with van der Waals surface area (Å²) in [5.41, 5.74) is 0.554. The van der Waals surface area contributed by atoms with Gasteiger partial charge in [-0.1, -0.05) is 0 Å². The van der Waals surface area contributed by atoms with Crippen LogP contribution in [0.4, 0.5) is 11.4 Å². The molecule has 0 spiro atoms. The van der Waals surface area contributed by atoms with Crippen LogP contribution in [0.2, 0.25) is 0 Å². The van der Waals surface area contributed by atoms with E-state index in [0.717, 1.165) is 31.6 Å². The monoisotopic (exact) mass is 252 g/mol. The number of rotatable bonds is 3. The Morgan fingerprint density at radius 2 is 2.11 bits per heavy atom. The summed E-state index contributed by atoms with van der Waals surface area (Å²) in [6, 6.07) is 4.46. The summed E-state index contributed by atoms with van der Waals surface area (Å²) in [4.78, 5) is 12.1. The average Bonchev–Trinajstić information content (AvgIpc) is 2.38. The normalized spacial score (nSPS) is 16.8. The molecular weight excluding hydrogens is 236 g/mol. The number of phenols is 1.